The van der Waals surface area contributed by atoms with Crippen molar-refractivity contribution in [3.63, 3.8) is 0 Å². The number of hydrogen-bond acceptors (Lipinski definition) is 2. The van der Waals surface area contributed by atoms with Crippen molar-refractivity contribution >= 4 is 11.4 Å². The van der Waals surface area contributed by atoms with Gasteiger partial charge < -0.3 is 11.1 Å². The molecule has 0 aromatic heterocycles. The van der Waals surface area contributed by atoms with Crippen molar-refractivity contribution in [3.05, 3.63) is 23.8 Å². The Bertz CT molecular complexity index is 369. The Balaban J connectivity index is 1.94. The Kier molecular flexibility index (Phi) is 2.37. The number of hydrogen-bond donors (Lipinski definition) is 2. The van der Waals surface area contributed by atoms with Gasteiger partial charge in [0, 0.05) is 6.54 Å². The fourth-order valence-corrected chi connectivity index (χ4v) is 2.00. The van der Waals surface area contributed by atoms with Crippen LogP contribution in [0.2, 0.25) is 0 Å². The second-order valence-electron chi connectivity index (χ2n) is 5.36. The number of benzene rings is 1. The fourth-order valence-electron chi connectivity index (χ4n) is 2.00. The summed E-state index contributed by atoms with van der Waals surface area (Å²) < 4.78 is 0. The van der Waals surface area contributed by atoms with Crippen molar-refractivity contribution in [2.45, 2.75) is 27.2 Å². The molecule has 0 aliphatic heterocycles. The highest BCUT2D eigenvalue weighted by atomic mass is 14.9. The Hall–Kier alpha value is -1.18. The summed E-state index contributed by atoms with van der Waals surface area (Å²) in [7, 11) is 0. The van der Waals surface area contributed by atoms with Crippen molar-refractivity contribution in [3.8, 4) is 0 Å². The van der Waals surface area contributed by atoms with Crippen LogP contribution in [0, 0.1) is 18.3 Å². The summed E-state index contributed by atoms with van der Waals surface area (Å²) in [6.07, 6.45) is 1.33. The van der Waals surface area contributed by atoms with Crippen LogP contribution in [0.25, 0.3) is 0 Å². The van der Waals surface area contributed by atoms with E-state index < -0.39 is 0 Å². The van der Waals surface area contributed by atoms with Gasteiger partial charge in [0.1, 0.15) is 0 Å². The van der Waals surface area contributed by atoms with Crippen LogP contribution in [-0.4, -0.2) is 6.54 Å². The molecule has 82 valence electrons. The van der Waals surface area contributed by atoms with Crippen molar-refractivity contribution in [1.29, 1.82) is 0 Å². The van der Waals surface area contributed by atoms with Crippen LogP contribution in [0.1, 0.15) is 25.8 Å². The maximum absolute atomic E-state index is 5.93. The molecule has 1 aromatic rings. The van der Waals surface area contributed by atoms with Crippen molar-refractivity contribution in [2.75, 3.05) is 17.6 Å². The Morgan fingerprint density at radius 1 is 1.47 bits per heavy atom. The largest absolute Gasteiger partial charge is 0.397 e. The highest BCUT2D eigenvalue weighted by molar-refractivity contribution is 5.66. The quantitative estimate of drug-likeness (QED) is 0.743. The van der Waals surface area contributed by atoms with Crippen LogP contribution in [0.4, 0.5) is 11.4 Å². The number of aryl methyl sites for hydroxylation is 1. The van der Waals surface area contributed by atoms with E-state index in [0.717, 1.165) is 23.8 Å². The molecule has 2 heteroatoms. The third-order valence-electron chi connectivity index (χ3n) is 3.46. The van der Waals surface area contributed by atoms with E-state index >= 15 is 0 Å². The molecular formula is C13H20N2. The van der Waals surface area contributed by atoms with Crippen LogP contribution in [0.15, 0.2) is 18.2 Å². The van der Waals surface area contributed by atoms with E-state index in [4.69, 9.17) is 5.73 Å². The van der Waals surface area contributed by atoms with Crippen molar-refractivity contribution < 1.29 is 0 Å². The Morgan fingerprint density at radius 3 is 2.67 bits per heavy atom. The lowest BCUT2D eigenvalue weighted by Crippen LogP contribution is -2.08. The summed E-state index contributed by atoms with van der Waals surface area (Å²) in [6.45, 7) is 7.74. The zero-order chi connectivity index (χ0) is 11.1. The van der Waals surface area contributed by atoms with E-state index in [1.165, 1.54) is 12.0 Å². The van der Waals surface area contributed by atoms with Gasteiger partial charge in [0.25, 0.3) is 0 Å². The van der Waals surface area contributed by atoms with Crippen LogP contribution in [0.5, 0.6) is 0 Å². The summed E-state index contributed by atoms with van der Waals surface area (Å²) >= 11 is 0. The monoisotopic (exact) mass is 204 g/mol. The standard InChI is InChI=1S/C13H20N2/c1-9-4-5-12(11(14)6-9)15-8-10-7-13(10,2)3/h4-6,10,15H,7-8,14H2,1-3H3. The van der Waals surface area contributed by atoms with E-state index in [1.54, 1.807) is 0 Å². The minimum atomic E-state index is 0.534. The molecule has 1 saturated carbocycles. The predicted octanol–water partition coefficient (Wildman–Crippen LogP) is 3.04. The summed E-state index contributed by atoms with van der Waals surface area (Å²) in [6, 6.07) is 6.18. The zero-order valence-electron chi connectivity index (χ0n) is 9.80. The molecule has 1 aromatic carbocycles. The molecule has 1 aliphatic carbocycles. The number of nitrogen functional groups attached to an aromatic ring is 1. The topological polar surface area (TPSA) is 38.0 Å². The van der Waals surface area contributed by atoms with E-state index in [0.29, 0.717) is 5.41 Å². The van der Waals surface area contributed by atoms with E-state index in [2.05, 4.69) is 38.2 Å². The van der Waals surface area contributed by atoms with Gasteiger partial charge >= 0.3 is 0 Å². The maximum Gasteiger partial charge on any atom is 0.0574 e. The molecule has 0 heterocycles. The fraction of sp³-hybridized carbons (Fsp3) is 0.538. The predicted molar refractivity (Wildman–Crippen MR) is 66.0 cm³/mol. The lowest BCUT2D eigenvalue weighted by molar-refractivity contribution is 0.573. The normalized spacial score (nSPS) is 22.5. The molecular weight excluding hydrogens is 184 g/mol. The van der Waals surface area contributed by atoms with Crippen LogP contribution < -0.4 is 11.1 Å². The smallest absolute Gasteiger partial charge is 0.0574 e. The van der Waals surface area contributed by atoms with Crippen LogP contribution in [0.3, 0.4) is 0 Å². The van der Waals surface area contributed by atoms with Gasteiger partial charge in [-0.1, -0.05) is 19.9 Å². The van der Waals surface area contributed by atoms with Gasteiger partial charge in [-0.15, -0.1) is 0 Å². The van der Waals surface area contributed by atoms with Gasteiger partial charge in [-0.2, -0.15) is 0 Å². The van der Waals surface area contributed by atoms with Crippen LogP contribution >= 0.6 is 0 Å². The van der Waals surface area contributed by atoms with Crippen molar-refractivity contribution in [1.82, 2.24) is 0 Å². The first-order chi connectivity index (χ1) is 6.99. The molecule has 0 amide bonds. The second kappa shape index (κ2) is 3.44. The second-order valence-corrected chi connectivity index (χ2v) is 5.36. The number of nitrogens with two attached hydrogens (primary N) is 1. The lowest BCUT2D eigenvalue weighted by atomic mass is 10.1. The minimum absolute atomic E-state index is 0.534. The molecule has 2 nitrogen and oxygen atoms in total. The molecule has 0 spiro atoms. The lowest BCUT2D eigenvalue weighted by Gasteiger charge is -2.10. The first-order valence-electron chi connectivity index (χ1n) is 5.59. The summed E-state index contributed by atoms with van der Waals surface area (Å²) in [5.74, 6) is 0.804. The molecule has 3 N–H and O–H groups in total. The molecule has 2 rings (SSSR count). The SMILES string of the molecule is Cc1ccc(NCC2CC2(C)C)c(N)c1. The van der Waals surface area contributed by atoms with Gasteiger partial charge in [-0.25, -0.2) is 0 Å². The Morgan fingerprint density at radius 2 is 2.13 bits per heavy atom. The van der Waals surface area contributed by atoms with Crippen molar-refractivity contribution in [2.24, 2.45) is 11.3 Å². The molecule has 0 bridgehead atoms. The molecule has 0 radical (unpaired) electrons. The minimum Gasteiger partial charge on any atom is -0.397 e. The van der Waals surface area contributed by atoms with Crippen LogP contribution in [-0.2, 0) is 0 Å². The van der Waals surface area contributed by atoms with E-state index in [-0.39, 0.29) is 0 Å². The summed E-state index contributed by atoms with van der Waals surface area (Å²) in [5.41, 5.74) is 9.61. The first kappa shape index (κ1) is 10.3. The van der Waals surface area contributed by atoms with Gasteiger partial charge in [0.2, 0.25) is 0 Å². The van der Waals surface area contributed by atoms with Gasteiger partial charge in [-0.05, 0) is 42.4 Å². The van der Waals surface area contributed by atoms with Gasteiger partial charge in [0.15, 0.2) is 0 Å². The highest BCUT2D eigenvalue weighted by Gasteiger charge is 2.44. The average molecular weight is 204 g/mol. The molecule has 1 atom stereocenters. The summed E-state index contributed by atoms with van der Waals surface area (Å²) in [4.78, 5) is 0. The Labute approximate surface area is 91.9 Å². The molecule has 0 saturated heterocycles. The zero-order valence-corrected chi connectivity index (χ0v) is 9.80. The number of rotatable bonds is 3. The van der Waals surface area contributed by atoms with Gasteiger partial charge in [0.05, 0.1) is 11.4 Å². The maximum atomic E-state index is 5.93. The number of nitrogens with one attached hydrogen (secondary N) is 1. The molecule has 1 unspecified atom stereocenters. The molecule has 1 aliphatic rings. The van der Waals surface area contributed by atoms with E-state index in [1.807, 2.05) is 6.07 Å². The first-order valence-corrected chi connectivity index (χ1v) is 5.59. The third-order valence-corrected chi connectivity index (χ3v) is 3.46. The highest BCUT2D eigenvalue weighted by Crippen LogP contribution is 2.51. The average Bonchev–Trinajstić information content (AvgIpc) is 2.73. The van der Waals surface area contributed by atoms with E-state index in [9.17, 15) is 0 Å². The molecule has 15 heavy (non-hydrogen) atoms. The number of anilines is 2. The molecule has 1 fully saturated rings. The van der Waals surface area contributed by atoms with Gasteiger partial charge in [-0.3, -0.25) is 0 Å². The summed E-state index contributed by atoms with van der Waals surface area (Å²) in [5, 5.41) is 3.43. The third kappa shape index (κ3) is 2.25.